The summed E-state index contributed by atoms with van der Waals surface area (Å²) in [5, 5.41) is 0. The molecule has 3 atom stereocenters. The van der Waals surface area contributed by atoms with Crippen molar-refractivity contribution in [3.8, 4) is 0 Å². The van der Waals surface area contributed by atoms with Gasteiger partial charge in [-0.05, 0) is 30.2 Å². The van der Waals surface area contributed by atoms with E-state index in [1.807, 2.05) is 30.3 Å². The van der Waals surface area contributed by atoms with Crippen LogP contribution in [0.4, 0.5) is 0 Å². The topological polar surface area (TPSA) is 30.9 Å². The Balaban J connectivity index is 1.42. The van der Waals surface area contributed by atoms with Crippen LogP contribution in [0, 0.1) is 0 Å². The fourth-order valence-corrected chi connectivity index (χ4v) is 4.19. The number of likely N-dealkylation sites (tertiary alicyclic amines) is 1. The van der Waals surface area contributed by atoms with Crippen LogP contribution in [0.2, 0.25) is 0 Å². The van der Waals surface area contributed by atoms with Gasteiger partial charge in [0.05, 0.1) is 38.6 Å². The van der Waals surface area contributed by atoms with Gasteiger partial charge in [0.25, 0.3) is 0 Å². The summed E-state index contributed by atoms with van der Waals surface area (Å²) in [6.45, 7) is 3.34. The maximum absolute atomic E-state index is 6.51. The Labute approximate surface area is 191 Å². The second-order valence-electron chi connectivity index (χ2n) is 8.43. The van der Waals surface area contributed by atoms with Gasteiger partial charge in [-0.2, -0.15) is 0 Å². The van der Waals surface area contributed by atoms with Crippen LogP contribution in [-0.4, -0.2) is 43.3 Å². The lowest BCUT2D eigenvalue weighted by Crippen LogP contribution is -2.56. The highest BCUT2D eigenvalue weighted by molar-refractivity contribution is 5.15. The lowest BCUT2D eigenvalue weighted by atomic mass is 9.96. The summed E-state index contributed by atoms with van der Waals surface area (Å²) in [4.78, 5) is 2.35. The molecule has 168 valence electrons. The zero-order valence-electron chi connectivity index (χ0n) is 18.8. The van der Waals surface area contributed by atoms with Crippen molar-refractivity contribution in [3.05, 3.63) is 108 Å². The largest absolute Gasteiger partial charge is 0.375 e. The minimum absolute atomic E-state index is 0.0282. The molecule has 4 heteroatoms. The molecule has 1 aliphatic rings. The van der Waals surface area contributed by atoms with Crippen molar-refractivity contribution in [2.75, 3.05) is 20.2 Å². The molecule has 0 saturated carbocycles. The van der Waals surface area contributed by atoms with E-state index in [0.717, 1.165) is 13.0 Å². The predicted molar refractivity (Wildman–Crippen MR) is 127 cm³/mol. The van der Waals surface area contributed by atoms with Crippen molar-refractivity contribution < 1.29 is 14.2 Å². The average molecular weight is 432 g/mol. The smallest absolute Gasteiger partial charge is 0.102 e. The van der Waals surface area contributed by atoms with E-state index >= 15 is 0 Å². The Morgan fingerprint density at radius 1 is 0.688 bits per heavy atom. The molecule has 4 nitrogen and oxygen atoms in total. The van der Waals surface area contributed by atoms with Gasteiger partial charge in [-0.15, -0.1) is 0 Å². The van der Waals surface area contributed by atoms with Crippen molar-refractivity contribution in [3.63, 3.8) is 0 Å². The van der Waals surface area contributed by atoms with Gasteiger partial charge < -0.3 is 14.2 Å². The fraction of sp³-hybridized carbons (Fsp3) is 0.357. The molecule has 4 rings (SSSR count). The van der Waals surface area contributed by atoms with Crippen LogP contribution in [0.5, 0.6) is 0 Å². The van der Waals surface area contributed by atoms with Crippen LogP contribution in [0.3, 0.4) is 0 Å². The minimum atomic E-state index is -0.0616. The number of hydrogen-bond donors (Lipinski definition) is 0. The SMILES string of the molecule is CN1CC[C@@H](OCc2ccccc2)[C@H](OCc2ccccc2)[C@H]1COCc1ccccc1. The van der Waals surface area contributed by atoms with Crippen LogP contribution in [0.15, 0.2) is 91.0 Å². The van der Waals surface area contributed by atoms with E-state index < -0.39 is 0 Å². The van der Waals surface area contributed by atoms with Crippen molar-refractivity contribution >= 4 is 0 Å². The normalized spacial score (nSPS) is 21.5. The van der Waals surface area contributed by atoms with Gasteiger partial charge in [0.15, 0.2) is 0 Å². The van der Waals surface area contributed by atoms with Gasteiger partial charge in [0.1, 0.15) is 6.10 Å². The summed E-state index contributed by atoms with van der Waals surface area (Å²) < 4.78 is 19.1. The molecule has 32 heavy (non-hydrogen) atoms. The second-order valence-corrected chi connectivity index (χ2v) is 8.43. The Hall–Kier alpha value is -2.50. The summed E-state index contributed by atoms with van der Waals surface area (Å²) in [5.74, 6) is 0. The van der Waals surface area contributed by atoms with Gasteiger partial charge in [0, 0.05) is 6.54 Å². The molecule has 0 radical (unpaired) electrons. The lowest BCUT2D eigenvalue weighted by Gasteiger charge is -2.43. The van der Waals surface area contributed by atoms with Gasteiger partial charge in [-0.3, -0.25) is 4.90 Å². The molecule has 3 aromatic rings. The standard InChI is InChI=1S/C28H33NO3/c1-29-18-17-27(31-20-24-13-7-3-8-14-24)28(32-21-25-15-9-4-10-16-25)26(29)22-30-19-23-11-5-2-6-12-23/h2-16,26-28H,17-22H2,1H3/t26-,27-,28-/m1/s1. The first-order valence-corrected chi connectivity index (χ1v) is 11.4. The van der Waals surface area contributed by atoms with Crippen LogP contribution in [0.1, 0.15) is 23.1 Å². The molecule has 0 amide bonds. The highest BCUT2D eigenvalue weighted by Gasteiger charge is 2.38. The number of ether oxygens (including phenoxy) is 3. The summed E-state index contributed by atoms with van der Waals surface area (Å²) in [7, 11) is 2.16. The molecule has 0 N–H and O–H groups in total. The van der Waals surface area contributed by atoms with E-state index in [-0.39, 0.29) is 18.2 Å². The predicted octanol–water partition coefficient (Wildman–Crippen LogP) is 5.08. The van der Waals surface area contributed by atoms with E-state index in [1.165, 1.54) is 16.7 Å². The molecule has 1 saturated heterocycles. The van der Waals surface area contributed by atoms with E-state index in [0.29, 0.717) is 26.4 Å². The van der Waals surface area contributed by atoms with Crippen LogP contribution >= 0.6 is 0 Å². The summed E-state index contributed by atoms with van der Waals surface area (Å²) in [5.41, 5.74) is 3.54. The highest BCUT2D eigenvalue weighted by Crippen LogP contribution is 2.25. The van der Waals surface area contributed by atoms with E-state index in [9.17, 15) is 0 Å². The van der Waals surface area contributed by atoms with Crippen LogP contribution < -0.4 is 0 Å². The maximum atomic E-state index is 6.51. The number of nitrogens with zero attached hydrogens (tertiary/aromatic N) is 1. The Morgan fingerprint density at radius 3 is 1.75 bits per heavy atom. The van der Waals surface area contributed by atoms with Crippen molar-refractivity contribution in [1.82, 2.24) is 4.90 Å². The maximum Gasteiger partial charge on any atom is 0.102 e. The number of likely N-dealkylation sites (N-methyl/N-ethyl adjacent to an activating group) is 1. The molecular formula is C28H33NO3. The van der Waals surface area contributed by atoms with Crippen LogP contribution in [0.25, 0.3) is 0 Å². The molecule has 0 unspecified atom stereocenters. The molecule has 3 aromatic carbocycles. The third-order valence-corrected chi connectivity index (χ3v) is 6.07. The zero-order chi connectivity index (χ0) is 22.0. The number of benzene rings is 3. The van der Waals surface area contributed by atoms with Crippen LogP contribution in [-0.2, 0) is 34.0 Å². The first-order valence-electron chi connectivity index (χ1n) is 11.4. The first-order chi connectivity index (χ1) is 15.8. The molecule has 0 spiro atoms. The molecule has 0 aliphatic carbocycles. The fourth-order valence-electron chi connectivity index (χ4n) is 4.19. The molecule has 1 aliphatic heterocycles. The first kappa shape index (κ1) is 22.7. The van der Waals surface area contributed by atoms with Gasteiger partial charge in [0.2, 0.25) is 0 Å². The number of rotatable bonds is 10. The number of hydrogen-bond acceptors (Lipinski definition) is 4. The Kier molecular flexibility index (Phi) is 8.46. The monoisotopic (exact) mass is 431 g/mol. The third kappa shape index (κ3) is 6.50. The van der Waals surface area contributed by atoms with E-state index in [2.05, 4.69) is 72.6 Å². The molecule has 0 bridgehead atoms. The molecule has 1 heterocycles. The van der Waals surface area contributed by atoms with E-state index in [1.54, 1.807) is 0 Å². The van der Waals surface area contributed by atoms with Gasteiger partial charge in [-0.1, -0.05) is 91.0 Å². The lowest BCUT2D eigenvalue weighted by molar-refractivity contribution is -0.153. The quantitative estimate of drug-likeness (QED) is 0.448. The minimum Gasteiger partial charge on any atom is -0.375 e. The van der Waals surface area contributed by atoms with Gasteiger partial charge in [-0.25, -0.2) is 0 Å². The average Bonchev–Trinajstić information content (AvgIpc) is 2.85. The summed E-state index contributed by atoms with van der Waals surface area (Å²) in [6, 6.07) is 31.1. The third-order valence-electron chi connectivity index (χ3n) is 6.07. The van der Waals surface area contributed by atoms with Crippen molar-refractivity contribution in [1.29, 1.82) is 0 Å². The second kappa shape index (κ2) is 11.9. The molecular weight excluding hydrogens is 398 g/mol. The Bertz CT molecular complexity index is 904. The van der Waals surface area contributed by atoms with E-state index in [4.69, 9.17) is 14.2 Å². The van der Waals surface area contributed by atoms with Crippen molar-refractivity contribution in [2.45, 2.75) is 44.5 Å². The van der Waals surface area contributed by atoms with Crippen molar-refractivity contribution in [2.24, 2.45) is 0 Å². The van der Waals surface area contributed by atoms with Gasteiger partial charge >= 0.3 is 0 Å². The highest BCUT2D eigenvalue weighted by atomic mass is 16.5. The summed E-state index contributed by atoms with van der Waals surface area (Å²) in [6.07, 6.45) is 0.909. The summed E-state index contributed by atoms with van der Waals surface area (Å²) >= 11 is 0. The zero-order valence-corrected chi connectivity index (χ0v) is 18.8. The molecule has 1 fully saturated rings. The Morgan fingerprint density at radius 2 is 1.19 bits per heavy atom. The number of piperidine rings is 1. The molecule has 0 aromatic heterocycles.